The molecule has 0 spiro atoms. The Morgan fingerprint density at radius 3 is 2.58 bits per heavy atom. The first-order chi connectivity index (χ1) is 14.9. The van der Waals surface area contributed by atoms with Crippen LogP contribution in [-0.4, -0.2) is 34.4 Å². The van der Waals surface area contributed by atoms with E-state index in [0.717, 1.165) is 37.4 Å². The molecule has 0 saturated heterocycles. The van der Waals surface area contributed by atoms with Crippen molar-refractivity contribution in [3.8, 4) is 6.07 Å². The monoisotopic (exact) mass is 436 g/mol. The van der Waals surface area contributed by atoms with E-state index in [4.69, 9.17) is 0 Å². The molecule has 2 amide bonds. The maximum atomic E-state index is 12.6. The number of rotatable bonds is 7. The van der Waals surface area contributed by atoms with Crippen molar-refractivity contribution in [2.45, 2.75) is 50.6 Å². The van der Waals surface area contributed by atoms with Crippen LogP contribution in [0.25, 0.3) is 0 Å². The molecule has 1 fully saturated rings. The Hall–Kier alpha value is -3.18. The van der Waals surface area contributed by atoms with Gasteiger partial charge in [0.05, 0.1) is 22.6 Å². The number of amides is 2. The lowest BCUT2D eigenvalue weighted by Gasteiger charge is -2.15. The number of carbonyl (C=O) groups is 3. The molecule has 0 aliphatic heterocycles. The maximum absolute atomic E-state index is 12.6. The van der Waals surface area contributed by atoms with Crippen LogP contribution >= 0.6 is 11.8 Å². The van der Waals surface area contributed by atoms with Gasteiger partial charge in [0.1, 0.15) is 11.1 Å². The summed E-state index contributed by atoms with van der Waals surface area (Å²) in [5.41, 5.74) is 2.03. The first kappa shape index (κ1) is 22.5. The number of pyridine rings is 1. The molecule has 0 radical (unpaired) electrons. The number of hydrogen-bond acceptors (Lipinski definition) is 6. The Kier molecular flexibility index (Phi) is 7.42. The van der Waals surface area contributed by atoms with E-state index in [1.807, 2.05) is 6.07 Å². The molecule has 1 aromatic carbocycles. The number of nitrogens with one attached hydrogen (secondary N) is 2. The van der Waals surface area contributed by atoms with Crippen molar-refractivity contribution in [2.75, 3.05) is 11.1 Å². The predicted octanol–water partition coefficient (Wildman–Crippen LogP) is 3.87. The fraction of sp³-hybridized carbons (Fsp3) is 0.348. The molecule has 1 aromatic heterocycles. The molecule has 3 rings (SSSR count). The minimum absolute atomic E-state index is 0.0130. The minimum atomic E-state index is -0.315. The van der Waals surface area contributed by atoms with Crippen molar-refractivity contribution in [3.63, 3.8) is 0 Å². The normalized spacial score (nSPS) is 13.5. The van der Waals surface area contributed by atoms with E-state index in [1.54, 1.807) is 31.2 Å². The molecule has 0 bridgehead atoms. The molecular weight excluding hydrogens is 412 g/mol. The summed E-state index contributed by atoms with van der Waals surface area (Å²) >= 11 is 1.12. The summed E-state index contributed by atoms with van der Waals surface area (Å²) in [4.78, 5) is 41.2. The number of carbonyl (C=O) groups excluding carboxylic acids is 3. The van der Waals surface area contributed by atoms with Crippen LogP contribution in [0, 0.1) is 18.3 Å². The second kappa shape index (κ2) is 10.2. The third-order valence-corrected chi connectivity index (χ3v) is 6.15. The third-order valence-electron chi connectivity index (χ3n) is 5.15. The fourth-order valence-electron chi connectivity index (χ4n) is 3.57. The Morgan fingerprint density at radius 2 is 1.90 bits per heavy atom. The Bertz CT molecular complexity index is 1060. The summed E-state index contributed by atoms with van der Waals surface area (Å²) in [5, 5.41) is 15.6. The maximum Gasteiger partial charge on any atom is 0.253 e. The standard InChI is InChI=1S/C23H24N4O3S/c1-14-19(15(2)28)11-16(12-24)23(25-14)31-13-21(29)27-20-10-6-5-9-18(20)22(30)26-17-7-3-4-8-17/h5-6,9-11,17H,3-4,7-8,13H2,1-2H3,(H,26,30)(H,27,29). The summed E-state index contributed by atoms with van der Waals surface area (Å²) < 4.78 is 0. The van der Waals surface area contributed by atoms with E-state index in [-0.39, 0.29) is 35.0 Å². The second-order valence-electron chi connectivity index (χ2n) is 7.48. The summed E-state index contributed by atoms with van der Waals surface area (Å²) in [6.07, 6.45) is 4.19. The number of Topliss-reactive ketones (excluding diaryl/α,β-unsaturated/α-hetero) is 1. The van der Waals surface area contributed by atoms with Crippen LogP contribution in [-0.2, 0) is 4.79 Å². The molecule has 1 aliphatic carbocycles. The lowest BCUT2D eigenvalue weighted by molar-refractivity contribution is -0.113. The number of para-hydroxylation sites is 1. The molecule has 0 atom stereocenters. The van der Waals surface area contributed by atoms with Crippen LogP contribution in [0.2, 0.25) is 0 Å². The lowest BCUT2D eigenvalue weighted by atomic mass is 10.1. The van der Waals surface area contributed by atoms with Crippen molar-refractivity contribution in [3.05, 3.63) is 52.7 Å². The molecular formula is C23H24N4O3S. The van der Waals surface area contributed by atoms with E-state index in [0.29, 0.717) is 27.5 Å². The number of aryl methyl sites for hydroxylation is 1. The van der Waals surface area contributed by atoms with Gasteiger partial charge in [-0.15, -0.1) is 0 Å². The van der Waals surface area contributed by atoms with Gasteiger partial charge in [-0.05, 0) is 44.9 Å². The van der Waals surface area contributed by atoms with Gasteiger partial charge < -0.3 is 10.6 Å². The van der Waals surface area contributed by atoms with Gasteiger partial charge in [0.15, 0.2) is 5.78 Å². The van der Waals surface area contributed by atoms with Crippen LogP contribution in [0.3, 0.4) is 0 Å². The number of hydrogen-bond donors (Lipinski definition) is 2. The number of aromatic nitrogens is 1. The molecule has 1 saturated carbocycles. The predicted molar refractivity (Wildman–Crippen MR) is 119 cm³/mol. The fourth-order valence-corrected chi connectivity index (χ4v) is 4.37. The number of thioether (sulfide) groups is 1. The van der Waals surface area contributed by atoms with Gasteiger partial charge in [0.2, 0.25) is 5.91 Å². The van der Waals surface area contributed by atoms with Crippen LogP contribution in [0.1, 0.15) is 64.6 Å². The molecule has 7 nitrogen and oxygen atoms in total. The number of benzene rings is 1. The molecule has 31 heavy (non-hydrogen) atoms. The first-order valence-electron chi connectivity index (χ1n) is 10.1. The average molecular weight is 437 g/mol. The number of nitrogens with zero attached hydrogens (tertiary/aromatic N) is 2. The van der Waals surface area contributed by atoms with Gasteiger partial charge in [0, 0.05) is 17.3 Å². The van der Waals surface area contributed by atoms with Crippen LogP contribution < -0.4 is 10.6 Å². The highest BCUT2D eigenvalue weighted by molar-refractivity contribution is 8.00. The van der Waals surface area contributed by atoms with Crippen molar-refractivity contribution in [1.29, 1.82) is 5.26 Å². The first-order valence-corrected chi connectivity index (χ1v) is 11.1. The Labute approximate surface area is 185 Å². The molecule has 2 aromatic rings. The number of ketones is 1. The van der Waals surface area contributed by atoms with Gasteiger partial charge in [-0.3, -0.25) is 14.4 Å². The lowest BCUT2D eigenvalue weighted by Crippen LogP contribution is -2.33. The van der Waals surface area contributed by atoms with E-state index < -0.39 is 0 Å². The van der Waals surface area contributed by atoms with Gasteiger partial charge >= 0.3 is 0 Å². The average Bonchev–Trinajstić information content (AvgIpc) is 3.25. The summed E-state index contributed by atoms with van der Waals surface area (Å²) in [7, 11) is 0. The van der Waals surface area contributed by atoms with Crippen molar-refractivity contribution in [2.24, 2.45) is 0 Å². The molecule has 1 heterocycles. The highest BCUT2D eigenvalue weighted by atomic mass is 32.2. The van der Waals surface area contributed by atoms with Gasteiger partial charge in [-0.25, -0.2) is 4.98 Å². The third kappa shape index (κ3) is 5.70. The van der Waals surface area contributed by atoms with Crippen LogP contribution in [0.15, 0.2) is 35.4 Å². The number of nitriles is 1. The molecule has 0 unspecified atom stereocenters. The van der Waals surface area contributed by atoms with E-state index in [1.165, 1.54) is 13.0 Å². The zero-order chi connectivity index (χ0) is 22.4. The quantitative estimate of drug-likeness (QED) is 0.503. The van der Waals surface area contributed by atoms with Crippen LogP contribution in [0.4, 0.5) is 5.69 Å². The van der Waals surface area contributed by atoms with Gasteiger partial charge in [0.25, 0.3) is 5.91 Å². The Morgan fingerprint density at radius 1 is 1.19 bits per heavy atom. The van der Waals surface area contributed by atoms with E-state index in [9.17, 15) is 19.6 Å². The Balaban J connectivity index is 1.67. The van der Waals surface area contributed by atoms with Crippen molar-refractivity contribution in [1.82, 2.24) is 10.3 Å². The van der Waals surface area contributed by atoms with Crippen molar-refractivity contribution >= 4 is 35.0 Å². The van der Waals surface area contributed by atoms with E-state index in [2.05, 4.69) is 15.6 Å². The zero-order valence-corrected chi connectivity index (χ0v) is 18.3. The molecule has 160 valence electrons. The second-order valence-corrected chi connectivity index (χ2v) is 8.44. The molecule has 8 heteroatoms. The highest BCUT2D eigenvalue weighted by Gasteiger charge is 2.20. The van der Waals surface area contributed by atoms with Crippen molar-refractivity contribution < 1.29 is 14.4 Å². The largest absolute Gasteiger partial charge is 0.349 e. The SMILES string of the molecule is CC(=O)c1cc(C#N)c(SCC(=O)Nc2ccccc2C(=O)NC2CCCC2)nc1C. The van der Waals surface area contributed by atoms with Crippen LogP contribution in [0.5, 0.6) is 0 Å². The number of anilines is 1. The summed E-state index contributed by atoms with van der Waals surface area (Å²) in [6.45, 7) is 3.12. The smallest absolute Gasteiger partial charge is 0.253 e. The minimum Gasteiger partial charge on any atom is -0.349 e. The summed E-state index contributed by atoms with van der Waals surface area (Å²) in [5.74, 6) is -0.660. The van der Waals surface area contributed by atoms with E-state index >= 15 is 0 Å². The molecule has 2 N–H and O–H groups in total. The van der Waals surface area contributed by atoms with Gasteiger partial charge in [-0.2, -0.15) is 5.26 Å². The summed E-state index contributed by atoms with van der Waals surface area (Å²) in [6, 6.07) is 10.6. The zero-order valence-electron chi connectivity index (χ0n) is 17.5. The molecule has 1 aliphatic rings. The topological polar surface area (TPSA) is 112 Å². The highest BCUT2D eigenvalue weighted by Crippen LogP contribution is 2.24. The van der Waals surface area contributed by atoms with Gasteiger partial charge in [-0.1, -0.05) is 36.7 Å².